The Morgan fingerprint density at radius 1 is 1.03 bits per heavy atom. The highest BCUT2D eigenvalue weighted by Gasteiger charge is 2.13. The standard InChI is InChI=1S/C21H16F2N8/c1-30-19(8-10-25-30)27-21-24-9-7-16(26-21)13-5-6-18-17(11-13)28-29-31(18)12-14-3-2-4-15(22)20(14)23/h2-11H,12H2,1H3,(H,24,26,27). The quantitative estimate of drug-likeness (QED) is 0.469. The van der Waals surface area contributed by atoms with Crippen molar-refractivity contribution in [3.05, 3.63) is 78.1 Å². The van der Waals surface area contributed by atoms with Gasteiger partial charge >= 0.3 is 0 Å². The largest absolute Gasteiger partial charge is 0.309 e. The monoisotopic (exact) mass is 418 g/mol. The van der Waals surface area contributed by atoms with Gasteiger partial charge in [-0.15, -0.1) is 5.10 Å². The minimum atomic E-state index is -0.886. The smallest absolute Gasteiger partial charge is 0.228 e. The maximum Gasteiger partial charge on any atom is 0.228 e. The molecule has 0 spiro atoms. The molecule has 0 unspecified atom stereocenters. The molecule has 3 heterocycles. The molecule has 0 atom stereocenters. The molecule has 31 heavy (non-hydrogen) atoms. The summed E-state index contributed by atoms with van der Waals surface area (Å²) >= 11 is 0. The maximum atomic E-state index is 14.0. The summed E-state index contributed by atoms with van der Waals surface area (Å²) in [5.41, 5.74) is 3.06. The molecule has 0 saturated carbocycles. The fraction of sp³-hybridized carbons (Fsp3) is 0.0952. The molecule has 0 aliphatic rings. The normalized spacial score (nSPS) is 11.2. The number of halogens is 2. The van der Waals surface area contributed by atoms with E-state index in [1.165, 1.54) is 16.8 Å². The molecule has 154 valence electrons. The van der Waals surface area contributed by atoms with Crippen LogP contribution in [0.3, 0.4) is 0 Å². The first-order valence-electron chi connectivity index (χ1n) is 9.43. The van der Waals surface area contributed by atoms with E-state index in [0.717, 1.165) is 17.4 Å². The Balaban J connectivity index is 1.44. The predicted molar refractivity (Wildman–Crippen MR) is 111 cm³/mol. The van der Waals surface area contributed by atoms with E-state index in [1.807, 2.05) is 31.3 Å². The molecule has 0 amide bonds. The SMILES string of the molecule is Cn1nccc1Nc1nccc(-c2ccc3c(c2)nnn3Cc2cccc(F)c2F)n1. The molecule has 5 rings (SSSR count). The van der Waals surface area contributed by atoms with Gasteiger partial charge in [0.05, 0.1) is 24.0 Å². The number of hydrogen-bond donors (Lipinski definition) is 1. The molecule has 10 heteroatoms. The number of anilines is 2. The predicted octanol–water partition coefficient (Wildman–Crippen LogP) is 3.69. The van der Waals surface area contributed by atoms with Crippen molar-refractivity contribution < 1.29 is 8.78 Å². The van der Waals surface area contributed by atoms with Gasteiger partial charge < -0.3 is 5.32 Å². The van der Waals surface area contributed by atoms with Crippen molar-refractivity contribution in [2.24, 2.45) is 7.05 Å². The van der Waals surface area contributed by atoms with Crippen molar-refractivity contribution in [1.82, 2.24) is 34.7 Å². The van der Waals surface area contributed by atoms with Crippen molar-refractivity contribution in [3.8, 4) is 11.3 Å². The number of hydrogen-bond acceptors (Lipinski definition) is 6. The van der Waals surface area contributed by atoms with Gasteiger partial charge in [0.2, 0.25) is 5.95 Å². The second-order valence-electron chi connectivity index (χ2n) is 6.89. The first-order chi connectivity index (χ1) is 15.1. The van der Waals surface area contributed by atoms with Crippen molar-refractivity contribution >= 4 is 22.8 Å². The summed E-state index contributed by atoms with van der Waals surface area (Å²) in [4.78, 5) is 8.80. The molecule has 0 bridgehead atoms. The van der Waals surface area contributed by atoms with Crippen LogP contribution in [-0.4, -0.2) is 34.7 Å². The van der Waals surface area contributed by atoms with Gasteiger partial charge in [0.15, 0.2) is 11.6 Å². The third kappa shape index (κ3) is 3.59. The first-order valence-corrected chi connectivity index (χ1v) is 9.43. The highest BCUT2D eigenvalue weighted by Crippen LogP contribution is 2.24. The van der Waals surface area contributed by atoms with E-state index < -0.39 is 11.6 Å². The lowest BCUT2D eigenvalue weighted by Crippen LogP contribution is -2.05. The van der Waals surface area contributed by atoms with Crippen molar-refractivity contribution in [1.29, 1.82) is 0 Å². The van der Waals surface area contributed by atoms with Crippen LogP contribution >= 0.6 is 0 Å². The Labute approximate surface area is 175 Å². The van der Waals surface area contributed by atoms with Crippen molar-refractivity contribution in [2.45, 2.75) is 6.54 Å². The van der Waals surface area contributed by atoms with Crippen LogP contribution in [0, 0.1) is 11.6 Å². The molecular formula is C21H16F2N8. The van der Waals surface area contributed by atoms with Gasteiger partial charge in [-0.3, -0.25) is 4.68 Å². The van der Waals surface area contributed by atoms with Gasteiger partial charge in [-0.2, -0.15) is 5.10 Å². The fourth-order valence-corrected chi connectivity index (χ4v) is 3.27. The van der Waals surface area contributed by atoms with Crippen LogP contribution < -0.4 is 5.32 Å². The average Bonchev–Trinajstić information content (AvgIpc) is 3.37. The molecule has 3 aromatic heterocycles. The third-order valence-electron chi connectivity index (χ3n) is 4.88. The van der Waals surface area contributed by atoms with Gasteiger partial charge in [0, 0.05) is 30.4 Å². The Hall–Kier alpha value is -4.21. The number of fused-ring (bicyclic) bond motifs is 1. The number of benzene rings is 2. The van der Waals surface area contributed by atoms with Gasteiger partial charge in [0.25, 0.3) is 0 Å². The molecule has 0 saturated heterocycles. The summed E-state index contributed by atoms with van der Waals surface area (Å²) in [5, 5.41) is 15.5. The Kier molecular flexibility index (Phi) is 4.58. The van der Waals surface area contributed by atoms with Crippen LogP contribution in [0.25, 0.3) is 22.3 Å². The van der Waals surface area contributed by atoms with E-state index in [0.29, 0.717) is 22.7 Å². The van der Waals surface area contributed by atoms with E-state index in [4.69, 9.17) is 0 Å². The van der Waals surface area contributed by atoms with Crippen LogP contribution in [0.4, 0.5) is 20.5 Å². The molecule has 0 radical (unpaired) electrons. The number of rotatable bonds is 5. The van der Waals surface area contributed by atoms with Crippen LogP contribution in [0.5, 0.6) is 0 Å². The minimum absolute atomic E-state index is 0.0751. The number of aryl methyl sites for hydroxylation is 1. The van der Waals surface area contributed by atoms with Crippen LogP contribution in [-0.2, 0) is 13.6 Å². The summed E-state index contributed by atoms with van der Waals surface area (Å²) < 4.78 is 30.7. The van der Waals surface area contributed by atoms with Gasteiger partial charge in [-0.05, 0) is 24.3 Å². The minimum Gasteiger partial charge on any atom is -0.309 e. The Morgan fingerprint density at radius 2 is 1.94 bits per heavy atom. The number of nitrogens with one attached hydrogen (secondary N) is 1. The molecule has 5 aromatic rings. The lowest BCUT2D eigenvalue weighted by molar-refractivity contribution is 0.492. The topological polar surface area (TPSA) is 86.3 Å². The third-order valence-corrected chi connectivity index (χ3v) is 4.88. The zero-order valence-electron chi connectivity index (χ0n) is 16.4. The molecule has 2 aromatic carbocycles. The van der Waals surface area contributed by atoms with Crippen molar-refractivity contribution in [2.75, 3.05) is 5.32 Å². The summed E-state index contributed by atoms with van der Waals surface area (Å²) in [7, 11) is 1.82. The van der Waals surface area contributed by atoms with Gasteiger partial charge in [-0.25, -0.2) is 23.4 Å². The molecular weight excluding hydrogens is 402 g/mol. The summed E-state index contributed by atoms with van der Waals surface area (Å²) in [5.74, 6) is -0.563. The van der Waals surface area contributed by atoms with Gasteiger partial charge in [0.1, 0.15) is 11.3 Å². The van der Waals surface area contributed by atoms with Gasteiger partial charge in [-0.1, -0.05) is 23.4 Å². The van der Waals surface area contributed by atoms with Crippen LogP contribution in [0.2, 0.25) is 0 Å². The summed E-state index contributed by atoms with van der Waals surface area (Å²) in [6.07, 6.45) is 3.34. The highest BCUT2D eigenvalue weighted by molar-refractivity contribution is 5.80. The maximum absolute atomic E-state index is 14.0. The number of aromatic nitrogens is 7. The first kappa shape index (κ1) is 18.8. The van der Waals surface area contributed by atoms with E-state index >= 15 is 0 Å². The number of nitrogens with zero attached hydrogens (tertiary/aromatic N) is 7. The second-order valence-corrected chi connectivity index (χ2v) is 6.89. The van der Waals surface area contributed by atoms with E-state index in [9.17, 15) is 8.78 Å². The van der Waals surface area contributed by atoms with E-state index in [2.05, 4.69) is 30.7 Å². The average molecular weight is 418 g/mol. The van der Waals surface area contributed by atoms with E-state index in [-0.39, 0.29) is 12.1 Å². The fourth-order valence-electron chi connectivity index (χ4n) is 3.27. The lowest BCUT2D eigenvalue weighted by atomic mass is 10.1. The lowest BCUT2D eigenvalue weighted by Gasteiger charge is -2.07. The zero-order chi connectivity index (χ0) is 21.4. The second kappa shape index (κ2) is 7.56. The molecule has 0 fully saturated rings. The molecule has 0 aliphatic carbocycles. The Bertz CT molecular complexity index is 1390. The van der Waals surface area contributed by atoms with E-state index in [1.54, 1.807) is 23.1 Å². The van der Waals surface area contributed by atoms with Crippen molar-refractivity contribution in [3.63, 3.8) is 0 Å². The zero-order valence-corrected chi connectivity index (χ0v) is 16.4. The summed E-state index contributed by atoms with van der Waals surface area (Å²) in [6.45, 7) is 0.0751. The molecule has 0 aliphatic heterocycles. The molecule has 1 N–H and O–H groups in total. The van der Waals surface area contributed by atoms with Crippen LogP contribution in [0.1, 0.15) is 5.56 Å². The Morgan fingerprint density at radius 3 is 2.77 bits per heavy atom. The highest BCUT2D eigenvalue weighted by atomic mass is 19.2. The molecule has 8 nitrogen and oxygen atoms in total. The van der Waals surface area contributed by atoms with Crippen LogP contribution in [0.15, 0.2) is 60.9 Å². The summed E-state index contributed by atoms with van der Waals surface area (Å²) in [6, 6.07) is 13.2.